The largest absolute Gasteiger partial charge is 0.354 e. The van der Waals surface area contributed by atoms with Gasteiger partial charge in [-0.15, -0.1) is 0 Å². The zero-order valence-electron chi connectivity index (χ0n) is 17.5. The van der Waals surface area contributed by atoms with Crippen LogP contribution in [0.2, 0.25) is 5.02 Å². The maximum atomic E-state index is 13.5. The number of anilines is 1. The average molecular weight is 439 g/mol. The molecule has 0 saturated carbocycles. The molecule has 1 aliphatic rings. The van der Waals surface area contributed by atoms with Crippen LogP contribution in [0.4, 0.5) is 10.2 Å². The number of aromatic nitrogens is 2. The number of rotatable bonds is 5. The number of amides is 1. The molecule has 4 rings (SSSR count). The van der Waals surface area contributed by atoms with Crippen molar-refractivity contribution in [3.05, 3.63) is 65.8 Å². The minimum absolute atomic E-state index is 0.0393. The second-order valence-electron chi connectivity index (χ2n) is 8.05. The third kappa shape index (κ3) is 4.69. The zero-order chi connectivity index (χ0) is 22.0. The molecule has 3 aromatic rings. The number of hydrogen-bond donors (Lipinski definition) is 1. The van der Waals surface area contributed by atoms with Gasteiger partial charge in [0.25, 0.3) is 0 Å². The Bertz CT molecular complexity index is 1090. The van der Waals surface area contributed by atoms with Crippen molar-refractivity contribution in [3.63, 3.8) is 0 Å². The van der Waals surface area contributed by atoms with E-state index in [4.69, 9.17) is 11.6 Å². The minimum Gasteiger partial charge on any atom is -0.354 e. The molecule has 7 heteroatoms. The second kappa shape index (κ2) is 9.02. The van der Waals surface area contributed by atoms with Crippen LogP contribution in [0.25, 0.3) is 22.3 Å². The second-order valence-corrected chi connectivity index (χ2v) is 8.45. The van der Waals surface area contributed by atoms with Crippen LogP contribution in [0.1, 0.15) is 20.3 Å². The van der Waals surface area contributed by atoms with Crippen molar-refractivity contribution < 1.29 is 9.18 Å². The van der Waals surface area contributed by atoms with Crippen molar-refractivity contribution in [3.8, 4) is 22.3 Å². The molecule has 1 atom stereocenters. The van der Waals surface area contributed by atoms with Gasteiger partial charge in [0, 0.05) is 54.8 Å². The van der Waals surface area contributed by atoms with E-state index in [9.17, 15) is 9.18 Å². The van der Waals surface area contributed by atoms with Gasteiger partial charge in [0.2, 0.25) is 5.91 Å². The Kier molecular flexibility index (Phi) is 6.18. The summed E-state index contributed by atoms with van der Waals surface area (Å²) in [6.45, 7) is 5.28. The number of nitrogens with one attached hydrogen (secondary N) is 1. The zero-order valence-corrected chi connectivity index (χ0v) is 18.2. The highest BCUT2D eigenvalue weighted by Crippen LogP contribution is 2.37. The van der Waals surface area contributed by atoms with E-state index in [0.717, 1.165) is 41.0 Å². The average Bonchev–Trinajstić information content (AvgIpc) is 3.23. The number of nitrogens with zero attached hydrogens (tertiary/aromatic N) is 3. The first-order valence-electron chi connectivity index (χ1n) is 10.3. The van der Waals surface area contributed by atoms with E-state index in [1.807, 2.05) is 26.0 Å². The van der Waals surface area contributed by atoms with Gasteiger partial charge in [-0.2, -0.15) is 0 Å². The van der Waals surface area contributed by atoms with Gasteiger partial charge in [0.05, 0.1) is 5.02 Å². The molecular weight excluding hydrogens is 415 g/mol. The van der Waals surface area contributed by atoms with E-state index in [1.54, 1.807) is 30.7 Å². The number of halogens is 2. The van der Waals surface area contributed by atoms with Crippen LogP contribution in [0.5, 0.6) is 0 Å². The molecule has 1 aromatic carbocycles. The first-order valence-corrected chi connectivity index (χ1v) is 10.7. The molecule has 0 bridgehead atoms. The number of hydrogen-bond acceptors (Lipinski definition) is 4. The summed E-state index contributed by atoms with van der Waals surface area (Å²) >= 11 is 6.46. The molecule has 5 nitrogen and oxygen atoms in total. The molecule has 31 heavy (non-hydrogen) atoms. The highest BCUT2D eigenvalue weighted by atomic mass is 35.5. The van der Waals surface area contributed by atoms with Crippen LogP contribution in [0.15, 0.2) is 55.0 Å². The topological polar surface area (TPSA) is 58.1 Å². The highest BCUT2D eigenvalue weighted by Gasteiger charge is 2.26. The Labute approximate surface area is 186 Å². The maximum absolute atomic E-state index is 13.5. The van der Waals surface area contributed by atoms with Crippen LogP contribution in [0.3, 0.4) is 0 Å². The molecule has 1 aliphatic heterocycles. The Balaban J connectivity index is 1.68. The Morgan fingerprint density at radius 2 is 1.94 bits per heavy atom. The number of benzene rings is 1. The molecule has 1 saturated heterocycles. The van der Waals surface area contributed by atoms with Gasteiger partial charge in [0.15, 0.2) is 0 Å². The lowest BCUT2D eigenvalue weighted by Gasteiger charge is -2.21. The van der Waals surface area contributed by atoms with Crippen LogP contribution < -0.4 is 10.2 Å². The fourth-order valence-electron chi connectivity index (χ4n) is 3.75. The summed E-state index contributed by atoms with van der Waals surface area (Å²) in [7, 11) is 0. The van der Waals surface area contributed by atoms with Crippen molar-refractivity contribution in [1.29, 1.82) is 0 Å². The third-order valence-electron chi connectivity index (χ3n) is 5.49. The summed E-state index contributed by atoms with van der Waals surface area (Å²) < 4.78 is 13.5. The summed E-state index contributed by atoms with van der Waals surface area (Å²) in [5, 5.41) is 3.64. The summed E-state index contributed by atoms with van der Waals surface area (Å²) in [5.74, 6) is 0.553. The molecule has 1 amide bonds. The van der Waals surface area contributed by atoms with E-state index < -0.39 is 0 Å². The predicted molar refractivity (Wildman–Crippen MR) is 121 cm³/mol. The lowest BCUT2D eigenvalue weighted by atomic mass is 9.96. The maximum Gasteiger partial charge on any atom is 0.222 e. The molecule has 2 aromatic heterocycles. The summed E-state index contributed by atoms with van der Waals surface area (Å²) in [6, 6.07) is 10.3. The van der Waals surface area contributed by atoms with Crippen LogP contribution in [0, 0.1) is 11.7 Å². The Hall–Kier alpha value is -2.99. The van der Waals surface area contributed by atoms with Crippen LogP contribution >= 0.6 is 11.6 Å². The van der Waals surface area contributed by atoms with Gasteiger partial charge in [0.1, 0.15) is 11.6 Å². The normalized spacial score (nSPS) is 16.0. The first-order chi connectivity index (χ1) is 14.9. The van der Waals surface area contributed by atoms with Gasteiger partial charge in [-0.05, 0) is 41.8 Å². The highest BCUT2D eigenvalue weighted by molar-refractivity contribution is 6.33. The Morgan fingerprint density at radius 1 is 1.16 bits per heavy atom. The lowest BCUT2D eigenvalue weighted by Crippen LogP contribution is -2.39. The number of carbonyl (C=O) groups excluding carboxylic acids is 1. The number of carbonyl (C=O) groups is 1. The van der Waals surface area contributed by atoms with E-state index in [0.29, 0.717) is 11.6 Å². The lowest BCUT2D eigenvalue weighted by molar-refractivity contribution is -0.124. The molecule has 0 unspecified atom stereocenters. The van der Waals surface area contributed by atoms with Gasteiger partial charge in [-0.25, -0.2) is 9.37 Å². The van der Waals surface area contributed by atoms with Crippen molar-refractivity contribution >= 4 is 23.3 Å². The van der Waals surface area contributed by atoms with E-state index in [2.05, 4.69) is 20.2 Å². The van der Waals surface area contributed by atoms with E-state index in [1.165, 1.54) is 12.1 Å². The van der Waals surface area contributed by atoms with Crippen molar-refractivity contribution in [1.82, 2.24) is 15.3 Å². The minimum atomic E-state index is -0.289. The monoisotopic (exact) mass is 438 g/mol. The molecule has 1 fully saturated rings. The first kappa shape index (κ1) is 21.2. The molecule has 0 aliphatic carbocycles. The van der Waals surface area contributed by atoms with Gasteiger partial charge in [-0.3, -0.25) is 9.78 Å². The quantitative estimate of drug-likeness (QED) is 0.612. The van der Waals surface area contributed by atoms with Gasteiger partial charge < -0.3 is 10.2 Å². The Morgan fingerprint density at radius 3 is 2.65 bits per heavy atom. The predicted octanol–water partition coefficient (Wildman–Crippen LogP) is 4.95. The molecule has 1 N–H and O–H groups in total. The SMILES string of the molecule is CC(C)C(=O)N[C@@H]1CCN(c2cc(-c3ccncc3Cl)c(-c3ccc(F)cc3)cn2)C1. The molecule has 3 heterocycles. The standard InChI is InChI=1S/C24H24ClFN4O/c1-15(2)24(31)29-18-8-10-30(14-18)23-11-20(19-7-9-27-13-22(19)25)21(12-28-23)16-3-5-17(26)6-4-16/h3-7,9,11-13,15,18H,8,10,14H2,1-2H3,(H,29,31)/t18-/m1/s1. The van der Waals surface area contributed by atoms with Crippen LogP contribution in [-0.4, -0.2) is 35.0 Å². The fraction of sp³-hybridized carbons (Fsp3) is 0.292. The van der Waals surface area contributed by atoms with Crippen molar-refractivity contribution in [2.24, 2.45) is 5.92 Å². The summed E-state index contributed by atoms with van der Waals surface area (Å²) in [4.78, 5) is 23.0. The van der Waals surface area contributed by atoms with E-state index >= 15 is 0 Å². The summed E-state index contributed by atoms with van der Waals surface area (Å²) in [5.41, 5.74) is 3.45. The fourth-order valence-corrected chi connectivity index (χ4v) is 3.97. The third-order valence-corrected chi connectivity index (χ3v) is 5.79. The van der Waals surface area contributed by atoms with E-state index in [-0.39, 0.29) is 23.7 Å². The van der Waals surface area contributed by atoms with Gasteiger partial charge >= 0.3 is 0 Å². The van der Waals surface area contributed by atoms with Crippen LogP contribution in [-0.2, 0) is 4.79 Å². The number of pyridine rings is 2. The smallest absolute Gasteiger partial charge is 0.222 e. The molecular formula is C24H24ClFN4O. The molecule has 0 radical (unpaired) electrons. The van der Waals surface area contributed by atoms with Gasteiger partial charge in [-0.1, -0.05) is 37.6 Å². The van der Waals surface area contributed by atoms with Crippen molar-refractivity contribution in [2.45, 2.75) is 26.3 Å². The molecule has 160 valence electrons. The summed E-state index contributed by atoms with van der Waals surface area (Å²) in [6.07, 6.45) is 5.97. The molecule has 0 spiro atoms. The van der Waals surface area contributed by atoms with Crippen molar-refractivity contribution in [2.75, 3.05) is 18.0 Å².